The number of pyridine rings is 1. The number of carbonyl (C=O) groups is 1. The second kappa shape index (κ2) is 9.30. The summed E-state index contributed by atoms with van der Waals surface area (Å²) in [6, 6.07) is 8.71. The number of methoxy groups -OCH3 is 1. The summed E-state index contributed by atoms with van der Waals surface area (Å²) in [6.07, 6.45) is 1.87. The molecular formula is C25H27N5O6. The maximum absolute atomic E-state index is 12.9. The number of benzene rings is 1. The van der Waals surface area contributed by atoms with Gasteiger partial charge in [0.2, 0.25) is 5.88 Å². The number of ether oxygens (including phenoxy) is 4. The second-order valence-electron chi connectivity index (χ2n) is 9.15. The molecule has 3 aliphatic rings. The van der Waals surface area contributed by atoms with Crippen molar-refractivity contribution in [3.8, 4) is 17.4 Å². The smallest absolute Gasteiger partial charge is 0.414 e. The molecule has 2 atom stereocenters. The molecule has 2 fully saturated rings. The summed E-state index contributed by atoms with van der Waals surface area (Å²) in [6.45, 7) is 4.16. The Kier molecular flexibility index (Phi) is 5.84. The van der Waals surface area contributed by atoms with Gasteiger partial charge in [0.1, 0.15) is 24.8 Å². The largest absolute Gasteiger partial charge is 0.486 e. The average Bonchev–Trinajstić information content (AvgIpc) is 2.91. The van der Waals surface area contributed by atoms with Crippen molar-refractivity contribution in [3.05, 3.63) is 46.9 Å². The maximum Gasteiger partial charge on any atom is 0.414 e. The Morgan fingerprint density at radius 1 is 1.06 bits per heavy atom. The van der Waals surface area contributed by atoms with E-state index in [1.165, 1.54) is 19.4 Å². The number of likely N-dealkylation sites (tertiary alicyclic amines) is 1. The predicted molar refractivity (Wildman–Crippen MR) is 130 cm³/mol. The number of piperidine rings is 1. The molecule has 2 aromatic heterocycles. The molecule has 11 heteroatoms. The average molecular weight is 494 g/mol. The minimum atomic E-state index is -0.359. The Morgan fingerprint density at radius 2 is 1.92 bits per heavy atom. The van der Waals surface area contributed by atoms with Crippen LogP contribution in [0.15, 0.2) is 41.3 Å². The molecule has 11 nitrogen and oxygen atoms in total. The zero-order valence-corrected chi connectivity index (χ0v) is 20.0. The summed E-state index contributed by atoms with van der Waals surface area (Å²) in [5.74, 6) is 1.92. The summed E-state index contributed by atoms with van der Waals surface area (Å²) in [5, 5.41) is 0. The molecule has 1 unspecified atom stereocenters. The van der Waals surface area contributed by atoms with Crippen LogP contribution in [0.25, 0.3) is 11.2 Å². The Balaban J connectivity index is 1.12. The summed E-state index contributed by atoms with van der Waals surface area (Å²) >= 11 is 0. The molecule has 6 rings (SSSR count). The van der Waals surface area contributed by atoms with Crippen molar-refractivity contribution in [3.63, 3.8) is 0 Å². The van der Waals surface area contributed by atoms with Gasteiger partial charge < -0.3 is 18.9 Å². The number of anilines is 1. The summed E-state index contributed by atoms with van der Waals surface area (Å²) in [4.78, 5) is 38.1. The molecule has 0 N–H and O–H groups in total. The molecule has 0 aliphatic carbocycles. The van der Waals surface area contributed by atoms with Gasteiger partial charge in [0.15, 0.2) is 17.1 Å². The van der Waals surface area contributed by atoms with Crippen molar-refractivity contribution in [1.82, 2.24) is 19.4 Å². The van der Waals surface area contributed by atoms with E-state index in [1.54, 1.807) is 15.5 Å². The summed E-state index contributed by atoms with van der Waals surface area (Å²) in [5.41, 5.74) is 1.74. The monoisotopic (exact) mass is 493 g/mol. The topological polar surface area (TPSA) is 108 Å². The van der Waals surface area contributed by atoms with E-state index < -0.39 is 0 Å². The van der Waals surface area contributed by atoms with Crippen molar-refractivity contribution in [2.24, 2.45) is 5.92 Å². The fraction of sp³-hybridized carbons (Fsp3) is 0.440. The van der Waals surface area contributed by atoms with E-state index in [0.717, 1.165) is 18.7 Å². The lowest BCUT2D eigenvalue weighted by Crippen LogP contribution is -2.56. The van der Waals surface area contributed by atoms with Crippen molar-refractivity contribution in [2.45, 2.75) is 19.1 Å². The lowest BCUT2D eigenvalue weighted by Gasteiger charge is -2.44. The normalized spacial score (nSPS) is 21.7. The number of nitrogens with zero attached hydrogens (tertiary/aromatic N) is 5. The fourth-order valence-corrected chi connectivity index (χ4v) is 5.08. The van der Waals surface area contributed by atoms with E-state index in [9.17, 15) is 9.59 Å². The van der Waals surface area contributed by atoms with Crippen molar-refractivity contribution >= 4 is 22.9 Å². The molecule has 0 spiro atoms. The third kappa shape index (κ3) is 4.19. The van der Waals surface area contributed by atoms with Crippen LogP contribution in [0.4, 0.5) is 10.5 Å². The highest BCUT2D eigenvalue weighted by Crippen LogP contribution is 2.36. The van der Waals surface area contributed by atoms with Crippen LogP contribution >= 0.6 is 0 Å². The fourth-order valence-electron chi connectivity index (χ4n) is 5.08. The van der Waals surface area contributed by atoms with Crippen LogP contribution in [0.1, 0.15) is 6.42 Å². The van der Waals surface area contributed by atoms with Gasteiger partial charge in [0, 0.05) is 44.2 Å². The van der Waals surface area contributed by atoms with Gasteiger partial charge in [-0.15, -0.1) is 0 Å². The van der Waals surface area contributed by atoms with E-state index in [4.69, 9.17) is 18.9 Å². The highest BCUT2D eigenvalue weighted by atomic mass is 16.6. The molecular weight excluding hydrogens is 466 g/mol. The van der Waals surface area contributed by atoms with Gasteiger partial charge in [0.25, 0.3) is 5.56 Å². The van der Waals surface area contributed by atoms with Crippen LogP contribution in [-0.2, 0) is 11.3 Å². The van der Waals surface area contributed by atoms with Crippen LogP contribution in [0, 0.1) is 5.92 Å². The number of hydrogen-bond acceptors (Lipinski definition) is 9. The predicted octanol–water partition coefficient (Wildman–Crippen LogP) is 1.92. The number of amides is 1. The highest BCUT2D eigenvalue weighted by Gasteiger charge is 2.40. The first-order valence-corrected chi connectivity index (χ1v) is 12.1. The van der Waals surface area contributed by atoms with E-state index in [2.05, 4.69) is 14.9 Å². The van der Waals surface area contributed by atoms with E-state index in [1.807, 2.05) is 18.2 Å². The Morgan fingerprint density at radius 3 is 2.78 bits per heavy atom. The number of rotatable bonds is 5. The second-order valence-corrected chi connectivity index (χ2v) is 9.15. The molecule has 0 radical (unpaired) electrons. The lowest BCUT2D eigenvalue weighted by molar-refractivity contribution is -0.00758. The minimum Gasteiger partial charge on any atom is -0.486 e. The first-order chi connectivity index (χ1) is 17.6. The van der Waals surface area contributed by atoms with Gasteiger partial charge in [-0.1, -0.05) is 0 Å². The zero-order valence-electron chi connectivity index (χ0n) is 20.0. The lowest BCUT2D eigenvalue weighted by atomic mass is 9.91. The van der Waals surface area contributed by atoms with Crippen molar-refractivity contribution in [1.29, 1.82) is 0 Å². The maximum atomic E-state index is 12.9. The Hall–Kier alpha value is -3.86. The van der Waals surface area contributed by atoms with Crippen LogP contribution in [0.2, 0.25) is 0 Å². The van der Waals surface area contributed by atoms with Crippen LogP contribution in [0.5, 0.6) is 17.4 Å². The molecule has 0 bridgehead atoms. The highest BCUT2D eigenvalue weighted by molar-refractivity contribution is 5.89. The third-order valence-electron chi connectivity index (χ3n) is 7.02. The quantitative estimate of drug-likeness (QED) is 0.527. The molecule has 3 aliphatic heterocycles. The number of hydrogen-bond donors (Lipinski definition) is 0. The summed E-state index contributed by atoms with van der Waals surface area (Å²) in [7, 11) is 1.52. The standard InChI is InChI=1S/C25H27N5O6/c1-33-22-13-26-18-3-5-23(31)29(24(18)27-22)9-8-28-7-6-16-14-30(25(32)36-21(16)15-28)17-2-4-19-20(12-17)35-11-10-34-19/h2-5,12-13,16,21H,6-11,14-15H2,1H3/t16-,21?/m1/s1. The number of fused-ring (bicyclic) bond motifs is 3. The van der Waals surface area contributed by atoms with Crippen LogP contribution < -0.4 is 24.7 Å². The number of carbonyl (C=O) groups excluding carboxylic acids is 1. The van der Waals surface area contributed by atoms with Gasteiger partial charge in [-0.25, -0.2) is 9.78 Å². The molecule has 5 heterocycles. The van der Waals surface area contributed by atoms with Crippen LogP contribution in [-0.4, -0.2) is 78.1 Å². The number of aromatic nitrogens is 3. The molecule has 188 valence electrons. The summed E-state index contributed by atoms with van der Waals surface area (Å²) < 4.78 is 23.9. The zero-order chi connectivity index (χ0) is 24.6. The molecule has 3 aromatic rings. The van der Waals surface area contributed by atoms with Gasteiger partial charge in [0.05, 0.1) is 19.0 Å². The van der Waals surface area contributed by atoms with Crippen molar-refractivity contribution < 1.29 is 23.7 Å². The van der Waals surface area contributed by atoms with Crippen molar-refractivity contribution in [2.75, 3.05) is 51.4 Å². The van der Waals surface area contributed by atoms with Gasteiger partial charge >= 0.3 is 6.09 Å². The first kappa shape index (κ1) is 22.6. The van der Waals surface area contributed by atoms with Gasteiger partial charge in [-0.2, -0.15) is 4.98 Å². The van der Waals surface area contributed by atoms with Gasteiger partial charge in [-0.3, -0.25) is 19.2 Å². The molecule has 1 amide bonds. The molecule has 2 saturated heterocycles. The molecule has 36 heavy (non-hydrogen) atoms. The first-order valence-electron chi connectivity index (χ1n) is 12.1. The van der Waals surface area contributed by atoms with E-state index in [-0.39, 0.29) is 23.7 Å². The molecule has 1 aromatic carbocycles. The van der Waals surface area contributed by atoms with Gasteiger partial charge in [-0.05, 0) is 31.2 Å². The Labute approximate surface area is 207 Å². The van der Waals surface area contributed by atoms with E-state index in [0.29, 0.717) is 67.9 Å². The SMILES string of the molecule is COc1cnc2ccc(=O)n(CCN3CC[C@@H]4CN(c5ccc6c(c5)OCCO6)C(=O)OC4C3)c2n1. The van der Waals surface area contributed by atoms with Crippen LogP contribution in [0.3, 0.4) is 0 Å². The third-order valence-corrected chi connectivity index (χ3v) is 7.02. The minimum absolute atomic E-state index is 0.140. The molecule has 0 saturated carbocycles. The van der Waals surface area contributed by atoms with E-state index >= 15 is 0 Å². The Bertz CT molecular complexity index is 1360.